The van der Waals surface area contributed by atoms with Crippen LogP contribution in [0.4, 0.5) is 13.2 Å². The predicted octanol–water partition coefficient (Wildman–Crippen LogP) is 1.91. The molecule has 0 aromatic rings. The summed E-state index contributed by atoms with van der Waals surface area (Å²) >= 11 is 0. The van der Waals surface area contributed by atoms with E-state index in [9.17, 15) is 13.2 Å². The summed E-state index contributed by atoms with van der Waals surface area (Å²) in [6.07, 6.45) is -1.77. The maximum Gasteiger partial charge on any atom is 0.429 e. The highest BCUT2D eigenvalue weighted by molar-refractivity contribution is 5.92. The zero-order valence-electron chi connectivity index (χ0n) is 4.44. The van der Waals surface area contributed by atoms with Crippen LogP contribution in [0.1, 0.15) is 6.42 Å². The van der Waals surface area contributed by atoms with Crippen molar-refractivity contribution in [2.45, 2.75) is 12.6 Å². The number of allylic oxidation sites excluding steroid dienone is 1. The van der Waals surface area contributed by atoms with Crippen LogP contribution in [0.15, 0.2) is 17.3 Å². The Kier molecular flexibility index (Phi) is 1.31. The summed E-state index contributed by atoms with van der Waals surface area (Å²) in [6.45, 7) is 0. The molecule has 1 nitrogen and oxygen atoms in total. The minimum absolute atomic E-state index is 0.0799. The Morgan fingerprint density at radius 3 is 2.33 bits per heavy atom. The van der Waals surface area contributed by atoms with Gasteiger partial charge >= 0.3 is 6.18 Å². The SMILES string of the molecule is FC(F)(F)C1=NC=CC1. The first kappa shape index (κ1) is 6.32. The molecule has 1 heterocycles. The lowest BCUT2D eigenvalue weighted by Crippen LogP contribution is -2.20. The summed E-state index contributed by atoms with van der Waals surface area (Å²) < 4.78 is 34.8. The Labute approximate surface area is 49.9 Å². The number of hydrogen-bond donors (Lipinski definition) is 0. The van der Waals surface area contributed by atoms with Gasteiger partial charge < -0.3 is 0 Å². The highest BCUT2D eigenvalue weighted by Crippen LogP contribution is 2.22. The maximum absolute atomic E-state index is 11.6. The second kappa shape index (κ2) is 1.86. The molecule has 50 valence electrons. The number of halogens is 3. The van der Waals surface area contributed by atoms with E-state index in [0.29, 0.717) is 0 Å². The second-order valence-electron chi connectivity index (χ2n) is 1.66. The van der Waals surface area contributed by atoms with Crippen molar-refractivity contribution in [2.75, 3.05) is 0 Å². The van der Waals surface area contributed by atoms with Gasteiger partial charge in [0.05, 0.1) is 0 Å². The third-order valence-corrected chi connectivity index (χ3v) is 0.974. The van der Waals surface area contributed by atoms with Gasteiger partial charge in [-0.25, -0.2) is 0 Å². The van der Waals surface area contributed by atoms with Crippen LogP contribution in [0.2, 0.25) is 0 Å². The molecule has 0 saturated heterocycles. The van der Waals surface area contributed by atoms with Crippen molar-refractivity contribution in [3.63, 3.8) is 0 Å². The van der Waals surface area contributed by atoms with Crippen molar-refractivity contribution in [3.8, 4) is 0 Å². The van der Waals surface area contributed by atoms with Gasteiger partial charge in [0.1, 0.15) is 5.71 Å². The van der Waals surface area contributed by atoms with Crippen LogP contribution in [-0.4, -0.2) is 11.9 Å². The predicted molar refractivity (Wildman–Crippen MR) is 27.2 cm³/mol. The molecule has 0 N–H and O–H groups in total. The average Bonchev–Trinajstić information content (AvgIpc) is 2.08. The number of aliphatic imine (C=N–C) groups is 1. The van der Waals surface area contributed by atoms with E-state index in [1.54, 1.807) is 0 Å². The Morgan fingerprint density at radius 1 is 1.44 bits per heavy atom. The number of alkyl halides is 3. The lowest BCUT2D eigenvalue weighted by Gasteiger charge is -2.02. The van der Waals surface area contributed by atoms with Gasteiger partial charge in [0.15, 0.2) is 0 Å². The van der Waals surface area contributed by atoms with Crippen molar-refractivity contribution < 1.29 is 13.2 Å². The van der Waals surface area contributed by atoms with Gasteiger partial charge in [-0.2, -0.15) is 13.2 Å². The zero-order chi connectivity index (χ0) is 6.91. The molecule has 9 heavy (non-hydrogen) atoms. The topological polar surface area (TPSA) is 12.4 Å². The van der Waals surface area contributed by atoms with Crippen LogP contribution in [-0.2, 0) is 0 Å². The van der Waals surface area contributed by atoms with Crippen molar-refractivity contribution in [1.29, 1.82) is 0 Å². The highest BCUT2D eigenvalue weighted by atomic mass is 19.4. The second-order valence-corrected chi connectivity index (χ2v) is 1.66. The molecule has 0 fully saturated rings. The summed E-state index contributed by atoms with van der Waals surface area (Å²) in [4.78, 5) is 3.12. The van der Waals surface area contributed by atoms with E-state index in [4.69, 9.17) is 0 Å². The summed E-state index contributed by atoms with van der Waals surface area (Å²) in [5.41, 5.74) is -0.706. The fourth-order valence-corrected chi connectivity index (χ4v) is 0.549. The molecule has 0 aliphatic carbocycles. The molecular weight excluding hydrogens is 131 g/mol. The minimum Gasteiger partial charge on any atom is -0.256 e. The van der Waals surface area contributed by atoms with E-state index in [0.717, 1.165) is 0 Å². The van der Waals surface area contributed by atoms with Gasteiger partial charge in [-0.05, 0) is 0 Å². The smallest absolute Gasteiger partial charge is 0.256 e. The number of nitrogens with zero attached hydrogens (tertiary/aromatic N) is 1. The normalized spacial score (nSPS) is 18.3. The van der Waals surface area contributed by atoms with E-state index >= 15 is 0 Å². The standard InChI is InChI=1S/C5H4F3N/c6-5(7,8)4-2-1-3-9-4/h1,3H,2H2. The molecule has 0 bridgehead atoms. The summed E-state index contributed by atoms with van der Waals surface area (Å²) in [6, 6.07) is 0. The summed E-state index contributed by atoms with van der Waals surface area (Å²) in [7, 11) is 0. The Bertz CT molecular complexity index is 166. The van der Waals surface area contributed by atoms with Gasteiger partial charge in [-0.1, -0.05) is 6.08 Å². The number of hydrogen-bond acceptors (Lipinski definition) is 1. The third-order valence-electron chi connectivity index (χ3n) is 0.974. The molecule has 1 rings (SSSR count). The third kappa shape index (κ3) is 1.31. The van der Waals surface area contributed by atoms with Crippen molar-refractivity contribution >= 4 is 5.71 Å². The molecule has 0 unspecified atom stereocenters. The monoisotopic (exact) mass is 135 g/mol. The molecule has 0 amide bonds. The molecular formula is C5H4F3N. The van der Waals surface area contributed by atoms with E-state index in [-0.39, 0.29) is 6.42 Å². The first-order valence-corrected chi connectivity index (χ1v) is 2.39. The quantitative estimate of drug-likeness (QED) is 0.481. The van der Waals surface area contributed by atoms with Crippen LogP contribution < -0.4 is 0 Å². The first-order valence-electron chi connectivity index (χ1n) is 2.39. The van der Waals surface area contributed by atoms with Gasteiger partial charge in [0, 0.05) is 12.6 Å². The van der Waals surface area contributed by atoms with Crippen LogP contribution in [0.3, 0.4) is 0 Å². The Balaban J connectivity index is 2.66. The summed E-state index contributed by atoms with van der Waals surface area (Å²) in [5, 5.41) is 0. The molecule has 4 heteroatoms. The lowest BCUT2D eigenvalue weighted by molar-refractivity contribution is -0.0596. The zero-order valence-corrected chi connectivity index (χ0v) is 4.44. The van der Waals surface area contributed by atoms with Crippen LogP contribution in [0, 0.1) is 0 Å². The summed E-state index contributed by atoms with van der Waals surface area (Å²) in [5.74, 6) is 0. The van der Waals surface area contributed by atoms with Crippen LogP contribution in [0.25, 0.3) is 0 Å². The minimum atomic E-state index is -4.23. The molecule has 1 aliphatic rings. The average molecular weight is 135 g/mol. The van der Waals surface area contributed by atoms with E-state index in [2.05, 4.69) is 4.99 Å². The van der Waals surface area contributed by atoms with E-state index in [1.807, 2.05) is 0 Å². The fraction of sp³-hybridized carbons (Fsp3) is 0.400. The van der Waals surface area contributed by atoms with Gasteiger partial charge in [-0.15, -0.1) is 0 Å². The van der Waals surface area contributed by atoms with E-state index < -0.39 is 11.9 Å². The molecule has 0 atom stereocenters. The maximum atomic E-state index is 11.6. The van der Waals surface area contributed by atoms with Crippen LogP contribution in [0.5, 0.6) is 0 Å². The molecule has 0 saturated carbocycles. The Hall–Kier alpha value is -0.800. The molecule has 0 spiro atoms. The largest absolute Gasteiger partial charge is 0.429 e. The van der Waals surface area contributed by atoms with Crippen molar-refractivity contribution in [3.05, 3.63) is 12.3 Å². The lowest BCUT2D eigenvalue weighted by atomic mass is 10.3. The number of rotatable bonds is 0. The molecule has 0 aromatic heterocycles. The molecule has 1 aliphatic heterocycles. The highest BCUT2D eigenvalue weighted by Gasteiger charge is 2.35. The fourth-order valence-electron chi connectivity index (χ4n) is 0.549. The first-order chi connectivity index (χ1) is 4.11. The molecule has 0 aromatic carbocycles. The van der Waals surface area contributed by atoms with E-state index in [1.165, 1.54) is 12.3 Å². The van der Waals surface area contributed by atoms with Crippen LogP contribution >= 0.6 is 0 Å². The molecule has 0 radical (unpaired) electrons. The van der Waals surface area contributed by atoms with Crippen molar-refractivity contribution in [2.24, 2.45) is 4.99 Å². The van der Waals surface area contributed by atoms with Gasteiger partial charge in [0.25, 0.3) is 0 Å². The van der Waals surface area contributed by atoms with Crippen molar-refractivity contribution in [1.82, 2.24) is 0 Å². The van der Waals surface area contributed by atoms with Gasteiger partial charge in [0.2, 0.25) is 0 Å². The van der Waals surface area contributed by atoms with Gasteiger partial charge in [-0.3, -0.25) is 4.99 Å². The Morgan fingerprint density at radius 2 is 2.11 bits per heavy atom.